The molecule has 0 spiro atoms. The minimum atomic E-state index is -0.456. The summed E-state index contributed by atoms with van der Waals surface area (Å²) in [5.74, 6) is 0.785. The number of hydrogen-bond acceptors (Lipinski definition) is 5. The van der Waals surface area contributed by atoms with Gasteiger partial charge >= 0.3 is 5.97 Å². The molecule has 0 fully saturated rings. The molecule has 0 bridgehead atoms. The normalized spacial score (nSPS) is 10.6. The number of methoxy groups -OCH3 is 2. The first-order valence-corrected chi connectivity index (χ1v) is 6.31. The number of carbonyl (C=O) groups is 1. The van der Waals surface area contributed by atoms with E-state index in [1.165, 1.54) is 11.6 Å². The molecule has 0 aliphatic carbocycles. The predicted octanol–water partition coefficient (Wildman–Crippen LogP) is 2.19. The topological polar surface area (TPSA) is 65.7 Å². The number of ether oxygens (including phenoxy) is 2. The fraction of sp³-hybridized carbons (Fsp3) is 0.133. The van der Waals surface area contributed by atoms with E-state index >= 15 is 0 Å². The Morgan fingerprint density at radius 3 is 2.71 bits per heavy atom. The molecule has 0 radical (unpaired) electrons. The van der Waals surface area contributed by atoms with Crippen molar-refractivity contribution in [3.63, 3.8) is 0 Å². The number of carbonyl (C=O) groups excluding carboxylic acids is 1. The molecular formula is C15H13N3O3. The molecule has 3 aromatic rings. The van der Waals surface area contributed by atoms with Gasteiger partial charge in [0.05, 0.1) is 14.2 Å². The fourth-order valence-corrected chi connectivity index (χ4v) is 2.05. The van der Waals surface area contributed by atoms with Crippen molar-refractivity contribution in [3.8, 4) is 17.1 Å². The number of fused-ring (bicyclic) bond motifs is 1. The standard InChI is InChI=1S/C15H13N3O3/c1-20-11-6-3-5-10(9-11)14-16-13-8-4-7-12(15(19)21-2)18(13)17-14/h3-9H,1-2H3. The Bertz CT molecular complexity index is 811. The number of rotatable bonds is 3. The molecule has 0 aliphatic rings. The Morgan fingerprint density at radius 2 is 1.95 bits per heavy atom. The third kappa shape index (κ3) is 2.31. The van der Waals surface area contributed by atoms with Gasteiger partial charge in [0, 0.05) is 5.56 Å². The van der Waals surface area contributed by atoms with Crippen molar-refractivity contribution in [1.82, 2.24) is 14.6 Å². The molecule has 2 heterocycles. The molecule has 0 saturated carbocycles. The lowest BCUT2D eigenvalue weighted by molar-refractivity contribution is 0.0591. The third-order valence-corrected chi connectivity index (χ3v) is 3.08. The molecule has 0 unspecified atom stereocenters. The van der Waals surface area contributed by atoms with Gasteiger partial charge in [-0.15, -0.1) is 5.10 Å². The molecular weight excluding hydrogens is 270 g/mol. The number of hydrogen-bond donors (Lipinski definition) is 0. The van der Waals surface area contributed by atoms with E-state index in [1.807, 2.05) is 24.3 Å². The molecule has 3 rings (SSSR count). The van der Waals surface area contributed by atoms with Crippen molar-refractivity contribution >= 4 is 11.6 Å². The van der Waals surface area contributed by atoms with Crippen LogP contribution in [0, 0.1) is 0 Å². The molecule has 0 atom stereocenters. The van der Waals surface area contributed by atoms with E-state index in [9.17, 15) is 4.79 Å². The summed E-state index contributed by atoms with van der Waals surface area (Å²) < 4.78 is 11.4. The van der Waals surface area contributed by atoms with Crippen molar-refractivity contribution < 1.29 is 14.3 Å². The first-order valence-electron chi connectivity index (χ1n) is 6.31. The van der Waals surface area contributed by atoms with Gasteiger partial charge in [0.25, 0.3) is 0 Å². The van der Waals surface area contributed by atoms with Crippen LogP contribution in [0.1, 0.15) is 10.5 Å². The monoisotopic (exact) mass is 283 g/mol. The van der Waals surface area contributed by atoms with Crippen LogP contribution in [-0.4, -0.2) is 34.8 Å². The molecule has 6 nitrogen and oxygen atoms in total. The largest absolute Gasteiger partial charge is 0.497 e. The second-order valence-electron chi connectivity index (χ2n) is 4.34. The van der Waals surface area contributed by atoms with Gasteiger partial charge in [-0.2, -0.15) is 0 Å². The quantitative estimate of drug-likeness (QED) is 0.689. The molecule has 106 valence electrons. The lowest BCUT2D eigenvalue weighted by Gasteiger charge is -2.01. The molecule has 0 N–H and O–H groups in total. The summed E-state index contributed by atoms with van der Waals surface area (Å²) in [7, 11) is 2.94. The van der Waals surface area contributed by atoms with E-state index in [1.54, 1.807) is 25.3 Å². The highest BCUT2D eigenvalue weighted by Gasteiger charge is 2.14. The molecule has 0 amide bonds. The highest BCUT2D eigenvalue weighted by molar-refractivity contribution is 5.88. The summed E-state index contributed by atoms with van der Waals surface area (Å²) in [6.07, 6.45) is 0. The summed E-state index contributed by atoms with van der Waals surface area (Å²) in [5, 5.41) is 4.38. The summed E-state index contributed by atoms with van der Waals surface area (Å²) in [4.78, 5) is 16.2. The second-order valence-corrected chi connectivity index (χ2v) is 4.34. The van der Waals surface area contributed by atoms with Crippen LogP contribution in [0.5, 0.6) is 5.75 Å². The van der Waals surface area contributed by atoms with E-state index in [4.69, 9.17) is 9.47 Å². The summed E-state index contributed by atoms with van der Waals surface area (Å²) in [6.45, 7) is 0. The number of benzene rings is 1. The smallest absolute Gasteiger partial charge is 0.356 e. The lowest BCUT2D eigenvalue weighted by Crippen LogP contribution is -2.08. The average molecular weight is 283 g/mol. The molecule has 6 heteroatoms. The Labute approximate surface area is 120 Å². The van der Waals surface area contributed by atoms with Gasteiger partial charge in [0.2, 0.25) is 0 Å². The predicted molar refractivity (Wildman–Crippen MR) is 76.3 cm³/mol. The summed E-state index contributed by atoms with van der Waals surface area (Å²) >= 11 is 0. The molecule has 0 aliphatic heterocycles. The van der Waals surface area contributed by atoms with Crippen molar-refractivity contribution in [2.75, 3.05) is 14.2 Å². The van der Waals surface area contributed by atoms with Gasteiger partial charge in [-0.3, -0.25) is 0 Å². The van der Waals surface area contributed by atoms with Crippen LogP contribution in [0.25, 0.3) is 17.0 Å². The molecule has 2 aromatic heterocycles. The van der Waals surface area contributed by atoms with Crippen molar-refractivity contribution in [2.24, 2.45) is 0 Å². The van der Waals surface area contributed by atoms with Gasteiger partial charge in [-0.1, -0.05) is 18.2 Å². The fourth-order valence-electron chi connectivity index (χ4n) is 2.05. The first kappa shape index (κ1) is 13.1. The van der Waals surface area contributed by atoms with E-state index in [0.717, 1.165) is 11.3 Å². The van der Waals surface area contributed by atoms with Gasteiger partial charge in [-0.05, 0) is 24.3 Å². The Kier molecular flexibility index (Phi) is 3.27. The Morgan fingerprint density at radius 1 is 1.14 bits per heavy atom. The number of nitrogens with zero attached hydrogens (tertiary/aromatic N) is 3. The second kappa shape index (κ2) is 5.24. The number of pyridine rings is 1. The minimum Gasteiger partial charge on any atom is -0.497 e. The van der Waals surface area contributed by atoms with Crippen molar-refractivity contribution in [2.45, 2.75) is 0 Å². The molecule has 1 aromatic carbocycles. The molecule has 0 saturated heterocycles. The Balaban J connectivity index is 2.14. The maximum Gasteiger partial charge on any atom is 0.356 e. The van der Waals surface area contributed by atoms with Gasteiger partial charge < -0.3 is 9.47 Å². The molecule has 21 heavy (non-hydrogen) atoms. The maximum absolute atomic E-state index is 11.7. The van der Waals surface area contributed by atoms with E-state index in [-0.39, 0.29) is 0 Å². The van der Waals surface area contributed by atoms with Crippen LogP contribution in [-0.2, 0) is 4.74 Å². The maximum atomic E-state index is 11.7. The van der Waals surface area contributed by atoms with Crippen LogP contribution in [0.3, 0.4) is 0 Å². The summed E-state index contributed by atoms with van der Waals surface area (Å²) in [6, 6.07) is 12.6. The van der Waals surface area contributed by atoms with Crippen LogP contribution in [0.15, 0.2) is 42.5 Å². The number of aromatic nitrogens is 3. The Hall–Kier alpha value is -2.89. The SMILES string of the molecule is COC(=O)c1cccc2nc(-c3cccc(OC)c3)nn12. The zero-order valence-electron chi connectivity index (χ0n) is 11.6. The van der Waals surface area contributed by atoms with E-state index in [0.29, 0.717) is 17.2 Å². The highest BCUT2D eigenvalue weighted by atomic mass is 16.5. The van der Waals surface area contributed by atoms with Gasteiger partial charge in [-0.25, -0.2) is 14.3 Å². The minimum absolute atomic E-state index is 0.330. The first-order chi connectivity index (χ1) is 10.2. The lowest BCUT2D eigenvalue weighted by atomic mass is 10.2. The van der Waals surface area contributed by atoms with Crippen LogP contribution >= 0.6 is 0 Å². The van der Waals surface area contributed by atoms with Crippen LogP contribution in [0.4, 0.5) is 0 Å². The van der Waals surface area contributed by atoms with E-state index in [2.05, 4.69) is 10.1 Å². The van der Waals surface area contributed by atoms with Crippen molar-refractivity contribution in [1.29, 1.82) is 0 Å². The summed E-state index contributed by atoms with van der Waals surface area (Å²) in [5.41, 5.74) is 1.72. The zero-order valence-corrected chi connectivity index (χ0v) is 11.6. The van der Waals surface area contributed by atoms with Crippen LogP contribution < -0.4 is 4.74 Å². The highest BCUT2D eigenvalue weighted by Crippen LogP contribution is 2.22. The van der Waals surface area contributed by atoms with E-state index < -0.39 is 5.97 Å². The average Bonchev–Trinajstić information content (AvgIpc) is 2.98. The van der Waals surface area contributed by atoms with Gasteiger partial charge in [0.1, 0.15) is 5.75 Å². The zero-order chi connectivity index (χ0) is 14.8. The van der Waals surface area contributed by atoms with Crippen molar-refractivity contribution in [3.05, 3.63) is 48.2 Å². The van der Waals surface area contributed by atoms with Gasteiger partial charge in [0.15, 0.2) is 17.2 Å². The third-order valence-electron chi connectivity index (χ3n) is 3.08. The van der Waals surface area contributed by atoms with Crippen LogP contribution in [0.2, 0.25) is 0 Å². The number of esters is 1.